The Kier molecular flexibility index (Phi) is 7.49. The molecule has 2 atom stereocenters. The zero-order valence-electron chi connectivity index (χ0n) is 7.98. The van der Waals surface area contributed by atoms with Gasteiger partial charge in [-0.15, -0.1) is 23.2 Å². The molecule has 0 heterocycles. The standard InChI is InChI=1S/C10H12Br2Cl2/c1-8(7-12)3-4-9(13)10(2,14)5-6-11/h3-7,9H,1-2H3/b4-3+,6-5+,8-7-/t9-,10+/m0/s1. The maximum absolute atomic E-state index is 6.18. The lowest BCUT2D eigenvalue weighted by molar-refractivity contribution is 0.800. The van der Waals surface area contributed by atoms with Crippen LogP contribution in [-0.4, -0.2) is 10.3 Å². The van der Waals surface area contributed by atoms with Gasteiger partial charge in [0.1, 0.15) is 0 Å². The SMILES string of the molecule is CC(=C/Br)/C=C/[C@H](Cl)[C@](C)(Cl)/C=C/Br. The molecule has 0 aliphatic carbocycles. The van der Waals surface area contributed by atoms with Gasteiger partial charge in [0.05, 0.1) is 10.3 Å². The van der Waals surface area contributed by atoms with Gasteiger partial charge in [0.25, 0.3) is 0 Å². The highest BCUT2D eigenvalue weighted by atomic mass is 79.9. The van der Waals surface area contributed by atoms with Gasteiger partial charge in [-0.2, -0.15) is 0 Å². The summed E-state index contributed by atoms with van der Waals surface area (Å²) in [5.74, 6) is 0. The average Bonchev–Trinajstić information content (AvgIpc) is 2.13. The number of halogens is 4. The van der Waals surface area contributed by atoms with Crippen molar-refractivity contribution in [2.75, 3.05) is 0 Å². The minimum Gasteiger partial charge on any atom is -0.116 e. The first-order valence-corrected chi connectivity index (χ1v) is 6.64. The van der Waals surface area contributed by atoms with E-state index in [1.165, 1.54) is 0 Å². The van der Waals surface area contributed by atoms with Crippen molar-refractivity contribution >= 4 is 55.1 Å². The van der Waals surface area contributed by atoms with Gasteiger partial charge in [-0.05, 0) is 29.4 Å². The number of hydrogen-bond donors (Lipinski definition) is 0. The van der Waals surface area contributed by atoms with Gasteiger partial charge in [-0.25, -0.2) is 0 Å². The molecule has 0 saturated heterocycles. The van der Waals surface area contributed by atoms with E-state index in [0.29, 0.717) is 0 Å². The predicted octanol–water partition coefficient (Wildman–Crippen LogP) is 5.35. The summed E-state index contributed by atoms with van der Waals surface area (Å²) in [5.41, 5.74) is 1.09. The van der Waals surface area contributed by atoms with E-state index < -0.39 is 4.87 Å². The third kappa shape index (κ3) is 5.59. The molecule has 0 aliphatic rings. The number of hydrogen-bond acceptors (Lipinski definition) is 0. The summed E-state index contributed by atoms with van der Waals surface area (Å²) in [7, 11) is 0. The van der Waals surface area contributed by atoms with Crippen LogP contribution in [0, 0.1) is 0 Å². The van der Waals surface area contributed by atoms with Crippen LogP contribution < -0.4 is 0 Å². The van der Waals surface area contributed by atoms with Gasteiger partial charge < -0.3 is 0 Å². The fraction of sp³-hybridized carbons (Fsp3) is 0.400. The van der Waals surface area contributed by atoms with E-state index in [9.17, 15) is 0 Å². The van der Waals surface area contributed by atoms with E-state index in [-0.39, 0.29) is 5.38 Å². The molecule has 0 fully saturated rings. The van der Waals surface area contributed by atoms with Crippen LogP contribution in [0.4, 0.5) is 0 Å². The summed E-state index contributed by atoms with van der Waals surface area (Å²) >= 11 is 18.7. The van der Waals surface area contributed by atoms with Gasteiger partial charge in [-0.1, -0.05) is 50.1 Å². The van der Waals surface area contributed by atoms with Gasteiger partial charge >= 0.3 is 0 Å². The first kappa shape index (κ1) is 14.8. The van der Waals surface area contributed by atoms with Gasteiger partial charge in [-0.3, -0.25) is 0 Å². The van der Waals surface area contributed by atoms with E-state index in [0.717, 1.165) is 5.57 Å². The first-order valence-electron chi connectivity index (χ1n) is 4.00. The number of allylic oxidation sites excluding steroid dienone is 4. The Labute approximate surface area is 112 Å². The molecule has 0 radical (unpaired) electrons. The van der Waals surface area contributed by atoms with Crippen molar-refractivity contribution in [3.05, 3.63) is 33.8 Å². The van der Waals surface area contributed by atoms with Crippen LogP contribution in [0.3, 0.4) is 0 Å². The molecule has 0 nitrogen and oxygen atoms in total. The van der Waals surface area contributed by atoms with E-state index in [2.05, 4.69) is 31.9 Å². The van der Waals surface area contributed by atoms with Gasteiger partial charge in [0, 0.05) is 0 Å². The highest BCUT2D eigenvalue weighted by Crippen LogP contribution is 2.27. The minimum absolute atomic E-state index is 0.250. The van der Waals surface area contributed by atoms with Crippen molar-refractivity contribution in [1.82, 2.24) is 0 Å². The largest absolute Gasteiger partial charge is 0.116 e. The maximum Gasteiger partial charge on any atom is 0.0804 e. The highest BCUT2D eigenvalue weighted by molar-refractivity contribution is 9.11. The second-order valence-corrected chi connectivity index (χ2v) is 5.33. The van der Waals surface area contributed by atoms with E-state index >= 15 is 0 Å². The van der Waals surface area contributed by atoms with E-state index in [1.54, 1.807) is 4.99 Å². The average molecular weight is 363 g/mol. The quantitative estimate of drug-likeness (QED) is 0.467. The summed E-state index contributed by atoms with van der Waals surface area (Å²) in [4.78, 5) is 2.98. The molecule has 0 N–H and O–H groups in total. The third-order valence-electron chi connectivity index (χ3n) is 1.63. The van der Waals surface area contributed by atoms with E-state index in [4.69, 9.17) is 23.2 Å². The van der Waals surface area contributed by atoms with Crippen LogP contribution in [0.15, 0.2) is 33.8 Å². The Morgan fingerprint density at radius 2 is 2.00 bits per heavy atom. The van der Waals surface area contributed by atoms with Crippen LogP contribution in [-0.2, 0) is 0 Å². The molecule has 0 aliphatic heterocycles. The number of alkyl halides is 2. The zero-order chi connectivity index (χ0) is 11.2. The highest BCUT2D eigenvalue weighted by Gasteiger charge is 2.25. The fourth-order valence-electron chi connectivity index (χ4n) is 0.676. The lowest BCUT2D eigenvalue weighted by Crippen LogP contribution is -2.24. The topological polar surface area (TPSA) is 0 Å². The maximum atomic E-state index is 6.18. The molecular weight excluding hydrogens is 351 g/mol. The molecule has 0 aromatic rings. The Hall–Kier alpha value is 0.760. The van der Waals surface area contributed by atoms with Crippen LogP contribution in [0.2, 0.25) is 0 Å². The van der Waals surface area contributed by atoms with Crippen molar-refractivity contribution in [1.29, 1.82) is 0 Å². The third-order valence-corrected chi connectivity index (χ3v) is 3.69. The predicted molar refractivity (Wildman–Crippen MR) is 73.8 cm³/mol. The molecule has 0 aromatic heterocycles. The molecule has 0 aromatic carbocycles. The smallest absolute Gasteiger partial charge is 0.0804 e. The van der Waals surface area contributed by atoms with Crippen LogP contribution in [0.25, 0.3) is 0 Å². The monoisotopic (exact) mass is 360 g/mol. The van der Waals surface area contributed by atoms with Crippen molar-refractivity contribution in [3.8, 4) is 0 Å². The molecule has 14 heavy (non-hydrogen) atoms. The normalized spacial score (nSPS) is 20.3. The van der Waals surface area contributed by atoms with Crippen molar-refractivity contribution in [3.63, 3.8) is 0 Å². The Morgan fingerprint density at radius 3 is 2.43 bits per heavy atom. The Morgan fingerprint density at radius 1 is 1.43 bits per heavy atom. The van der Waals surface area contributed by atoms with Crippen LogP contribution in [0.5, 0.6) is 0 Å². The molecule has 0 amide bonds. The second kappa shape index (κ2) is 7.10. The van der Waals surface area contributed by atoms with Crippen molar-refractivity contribution in [2.45, 2.75) is 24.1 Å². The zero-order valence-corrected chi connectivity index (χ0v) is 12.7. The molecule has 0 rings (SSSR count). The van der Waals surface area contributed by atoms with Crippen molar-refractivity contribution in [2.24, 2.45) is 0 Å². The van der Waals surface area contributed by atoms with E-state index in [1.807, 2.05) is 37.1 Å². The first-order chi connectivity index (χ1) is 6.44. The lowest BCUT2D eigenvalue weighted by Gasteiger charge is -2.20. The lowest BCUT2D eigenvalue weighted by atomic mass is 10.1. The molecule has 0 unspecified atom stereocenters. The molecule has 0 spiro atoms. The van der Waals surface area contributed by atoms with Crippen LogP contribution in [0.1, 0.15) is 13.8 Å². The minimum atomic E-state index is -0.575. The molecule has 0 saturated carbocycles. The summed E-state index contributed by atoms with van der Waals surface area (Å²) < 4.78 is 0. The van der Waals surface area contributed by atoms with Gasteiger partial charge in [0.15, 0.2) is 0 Å². The molecule has 4 heteroatoms. The molecular formula is C10H12Br2Cl2. The molecule has 80 valence electrons. The van der Waals surface area contributed by atoms with Crippen LogP contribution >= 0.6 is 55.1 Å². The molecule has 0 bridgehead atoms. The number of rotatable bonds is 4. The van der Waals surface area contributed by atoms with Crippen molar-refractivity contribution < 1.29 is 0 Å². The summed E-state index contributed by atoms with van der Waals surface area (Å²) in [6, 6.07) is 0. The second-order valence-electron chi connectivity index (χ2n) is 3.06. The summed E-state index contributed by atoms with van der Waals surface area (Å²) in [6.45, 7) is 3.84. The Balaban J connectivity index is 4.48. The summed E-state index contributed by atoms with van der Waals surface area (Å²) in [6.07, 6.45) is 5.60. The van der Waals surface area contributed by atoms with Gasteiger partial charge in [0.2, 0.25) is 0 Å². The Bertz CT molecular complexity index is 255. The fourth-order valence-corrected chi connectivity index (χ4v) is 1.81. The summed E-state index contributed by atoms with van der Waals surface area (Å²) in [5, 5.41) is -0.250.